The summed E-state index contributed by atoms with van der Waals surface area (Å²) in [5, 5.41) is 42.9. The van der Waals surface area contributed by atoms with Crippen molar-refractivity contribution >= 4 is 44.9 Å². The molecule has 0 aliphatic carbocycles. The maximum Gasteiger partial charge on any atom is 0.274 e. The second kappa shape index (κ2) is 13.5. The number of carbonyl (C=O) groups is 1. The largest absolute Gasteiger partial charge is 0.493 e. The molecule has 5 N–H and O–H groups in total. The summed E-state index contributed by atoms with van der Waals surface area (Å²) in [6.07, 6.45) is -7.28. The first-order chi connectivity index (χ1) is 22.5. The summed E-state index contributed by atoms with van der Waals surface area (Å²) in [4.78, 5) is 21.2. The fourth-order valence-corrected chi connectivity index (χ4v) is 6.52. The summed E-state index contributed by atoms with van der Waals surface area (Å²) < 4.78 is 23.3. The van der Waals surface area contributed by atoms with Gasteiger partial charge in [-0.3, -0.25) is 4.79 Å². The number of halogens is 1. The van der Waals surface area contributed by atoms with Gasteiger partial charge in [0, 0.05) is 52.8 Å². The van der Waals surface area contributed by atoms with Crippen molar-refractivity contribution in [3.8, 4) is 17.2 Å². The minimum Gasteiger partial charge on any atom is -0.493 e. The standard InChI is InChI=1S/C34H40ClN3O9/c1-17(35)21-15-38(33(43)23-11-18-12-27(45-10-9-37(2)3)26(44-4)13-22(18)36-23)24-14-25(19-7-5-6-8-20(19)29(21)24)46-34-32(42)31(41)30(40)28(16-39)47-34/h5-8,11-14,17,21,28,30-32,34,36,39-42H,9-10,15-16H2,1-4H3/t17-,21+,28?,30+,31?,32+,34-/m1/s1. The smallest absolute Gasteiger partial charge is 0.274 e. The van der Waals surface area contributed by atoms with E-state index < -0.39 is 37.3 Å². The lowest BCUT2D eigenvalue weighted by molar-refractivity contribution is -0.277. The number of amides is 1. The van der Waals surface area contributed by atoms with Crippen molar-refractivity contribution in [1.29, 1.82) is 0 Å². The van der Waals surface area contributed by atoms with E-state index in [1.165, 1.54) is 0 Å². The van der Waals surface area contributed by atoms with Crippen molar-refractivity contribution in [1.82, 2.24) is 9.88 Å². The highest BCUT2D eigenvalue weighted by molar-refractivity contribution is 6.22. The maximum absolute atomic E-state index is 14.3. The number of nitrogens with one attached hydrogen (secondary N) is 1. The monoisotopic (exact) mass is 669 g/mol. The van der Waals surface area contributed by atoms with Gasteiger partial charge in [-0.2, -0.15) is 0 Å². The molecule has 2 aliphatic rings. The van der Waals surface area contributed by atoms with Crippen molar-refractivity contribution < 1.29 is 44.2 Å². The van der Waals surface area contributed by atoms with Gasteiger partial charge in [-0.25, -0.2) is 0 Å². The zero-order chi connectivity index (χ0) is 33.6. The van der Waals surface area contributed by atoms with E-state index >= 15 is 0 Å². The summed E-state index contributed by atoms with van der Waals surface area (Å²) in [7, 11) is 5.50. The molecule has 0 bridgehead atoms. The van der Waals surface area contributed by atoms with Gasteiger partial charge in [0.2, 0.25) is 6.29 Å². The van der Waals surface area contributed by atoms with Crippen LogP contribution in [0.5, 0.6) is 17.2 Å². The van der Waals surface area contributed by atoms with E-state index in [2.05, 4.69) is 4.98 Å². The Hall–Kier alpha value is -3.62. The van der Waals surface area contributed by atoms with E-state index in [4.69, 9.17) is 30.5 Å². The first-order valence-corrected chi connectivity index (χ1v) is 15.9. The minimum absolute atomic E-state index is 0.206. The minimum atomic E-state index is -1.61. The van der Waals surface area contributed by atoms with Crippen molar-refractivity contribution in [2.45, 2.75) is 48.9 Å². The Balaban J connectivity index is 1.38. The molecular formula is C34H40ClN3O9. The summed E-state index contributed by atoms with van der Waals surface area (Å²) >= 11 is 6.74. The van der Waals surface area contributed by atoms with Crippen LogP contribution in [-0.4, -0.2) is 120 Å². The molecule has 2 aliphatic heterocycles. The lowest BCUT2D eigenvalue weighted by Crippen LogP contribution is -2.60. The third-order valence-corrected chi connectivity index (χ3v) is 9.19. The average Bonchev–Trinajstić information content (AvgIpc) is 3.66. The zero-order valence-corrected chi connectivity index (χ0v) is 27.3. The highest BCUT2D eigenvalue weighted by atomic mass is 35.5. The summed E-state index contributed by atoms with van der Waals surface area (Å²) in [5.41, 5.74) is 2.52. The molecule has 12 nitrogen and oxygen atoms in total. The molecule has 252 valence electrons. The normalized spacial score (nSPS) is 24.9. The Labute approximate surface area is 277 Å². The number of aromatic amines is 1. The number of nitrogens with zero attached hydrogens (tertiary/aromatic N) is 2. The predicted molar refractivity (Wildman–Crippen MR) is 177 cm³/mol. The topological polar surface area (TPSA) is 157 Å². The Bertz CT molecular complexity index is 1760. The van der Waals surface area contributed by atoms with Crippen molar-refractivity contribution in [2.75, 3.05) is 52.4 Å². The van der Waals surface area contributed by atoms with Gasteiger partial charge in [-0.1, -0.05) is 24.3 Å². The number of aromatic nitrogens is 1. The number of aliphatic hydroxyl groups excluding tert-OH is 4. The number of rotatable bonds is 10. The van der Waals surface area contributed by atoms with Gasteiger partial charge in [0.05, 0.1) is 19.4 Å². The van der Waals surface area contributed by atoms with Crippen molar-refractivity contribution in [3.63, 3.8) is 0 Å². The van der Waals surface area contributed by atoms with Crippen molar-refractivity contribution in [2.24, 2.45) is 0 Å². The quantitative estimate of drug-likeness (QED) is 0.159. The fourth-order valence-electron chi connectivity index (χ4n) is 6.32. The van der Waals surface area contributed by atoms with Crippen LogP contribution in [0.4, 0.5) is 5.69 Å². The third-order valence-electron chi connectivity index (χ3n) is 8.89. The number of carbonyl (C=O) groups excluding carboxylic acids is 1. The molecule has 7 atom stereocenters. The van der Waals surface area contributed by atoms with Crippen LogP contribution in [0.25, 0.3) is 21.7 Å². The number of fused-ring (bicyclic) bond motifs is 4. The van der Waals surface area contributed by atoms with E-state index in [1.807, 2.05) is 56.3 Å². The molecule has 2 unspecified atom stereocenters. The summed E-state index contributed by atoms with van der Waals surface area (Å²) in [5.74, 6) is 0.906. The second-order valence-corrected chi connectivity index (χ2v) is 13.0. The lowest BCUT2D eigenvalue weighted by Gasteiger charge is -2.39. The van der Waals surface area contributed by atoms with Gasteiger partial charge in [0.1, 0.15) is 42.5 Å². The summed E-state index contributed by atoms with van der Waals surface area (Å²) in [6.45, 7) is 2.81. The van der Waals surface area contributed by atoms with Gasteiger partial charge >= 0.3 is 0 Å². The fraction of sp³-hybridized carbons (Fsp3) is 0.441. The molecule has 1 amide bonds. The van der Waals surface area contributed by atoms with Gasteiger partial charge in [0.15, 0.2) is 11.5 Å². The molecule has 1 fully saturated rings. The highest BCUT2D eigenvalue weighted by Crippen LogP contribution is 2.48. The van der Waals surface area contributed by atoms with E-state index in [0.717, 1.165) is 22.9 Å². The number of aliphatic hydroxyl groups is 4. The van der Waals surface area contributed by atoms with Gasteiger partial charge < -0.3 is 54.2 Å². The van der Waals surface area contributed by atoms with E-state index in [1.54, 1.807) is 30.2 Å². The predicted octanol–water partition coefficient (Wildman–Crippen LogP) is 2.82. The molecule has 1 aromatic heterocycles. The highest BCUT2D eigenvalue weighted by Gasteiger charge is 2.45. The average molecular weight is 670 g/mol. The van der Waals surface area contributed by atoms with Crippen LogP contribution in [-0.2, 0) is 4.74 Å². The van der Waals surface area contributed by atoms with Gasteiger partial charge in [-0.15, -0.1) is 11.6 Å². The maximum atomic E-state index is 14.3. The summed E-state index contributed by atoms with van der Waals surface area (Å²) in [6, 6.07) is 14.6. The zero-order valence-electron chi connectivity index (χ0n) is 26.6. The number of H-pyrrole nitrogens is 1. The molecule has 1 saturated heterocycles. The molecule has 0 spiro atoms. The molecule has 3 heterocycles. The number of benzene rings is 3. The number of ether oxygens (including phenoxy) is 4. The molecule has 0 radical (unpaired) electrons. The van der Waals surface area contributed by atoms with Crippen molar-refractivity contribution in [3.05, 3.63) is 59.8 Å². The van der Waals surface area contributed by atoms with E-state index in [9.17, 15) is 25.2 Å². The number of likely N-dealkylation sites (N-methyl/N-ethyl adjacent to an activating group) is 1. The van der Waals surface area contributed by atoms with Gasteiger partial charge in [-0.05, 0) is 44.1 Å². The third kappa shape index (κ3) is 6.22. The van der Waals surface area contributed by atoms with Crippen LogP contribution in [0.2, 0.25) is 0 Å². The Kier molecular flexibility index (Phi) is 9.54. The first kappa shape index (κ1) is 33.3. The second-order valence-electron chi connectivity index (χ2n) is 12.3. The van der Waals surface area contributed by atoms with Crippen LogP contribution >= 0.6 is 11.6 Å². The molecule has 47 heavy (non-hydrogen) atoms. The SMILES string of the molecule is COc1cc2[nH]c(C(=O)N3C[C@@H]([C@@H](C)Cl)c4c3cc(O[C@@H]3OC(CO)[C@H](O)C(O)[C@@H]3O)c3ccccc43)cc2cc1OCCN(C)C. The number of anilines is 1. The Morgan fingerprint density at radius 2 is 1.81 bits per heavy atom. The number of hydrogen-bond acceptors (Lipinski definition) is 10. The number of alkyl halides is 1. The molecule has 4 aromatic rings. The molecule has 3 aromatic carbocycles. The number of methoxy groups -OCH3 is 1. The van der Waals surface area contributed by atoms with Crippen LogP contribution < -0.4 is 19.1 Å². The van der Waals surface area contributed by atoms with Crippen LogP contribution in [0.15, 0.2) is 48.5 Å². The Morgan fingerprint density at radius 1 is 1.06 bits per heavy atom. The Morgan fingerprint density at radius 3 is 2.49 bits per heavy atom. The van der Waals surface area contributed by atoms with Gasteiger partial charge in [0.25, 0.3) is 5.91 Å². The van der Waals surface area contributed by atoms with E-state index in [-0.39, 0.29) is 23.0 Å². The molecule has 13 heteroatoms. The van der Waals surface area contributed by atoms with Crippen LogP contribution in [0, 0.1) is 0 Å². The molecule has 0 saturated carbocycles. The molecular weight excluding hydrogens is 630 g/mol. The molecule has 6 rings (SSSR count). The lowest BCUT2D eigenvalue weighted by atomic mass is 9.92. The van der Waals surface area contributed by atoms with Crippen LogP contribution in [0.3, 0.4) is 0 Å². The first-order valence-electron chi connectivity index (χ1n) is 15.5. The number of hydrogen-bond donors (Lipinski definition) is 5. The van der Waals surface area contributed by atoms with Crippen LogP contribution in [0.1, 0.15) is 28.9 Å². The van der Waals surface area contributed by atoms with E-state index in [0.29, 0.717) is 46.9 Å².